The van der Waals surface area contributed by atoms with Gasteiger partial charge < -0.3 is 67.1 Å². The Kier molecular flexibility index (Phi) is 12.7. The van der Waals surface area contributed by atoms with Gasteiger partial charge >= 0.3 is 0 Å². The van der Waals surface area contributed by atoms with E-state index in [1.165, 1.54) is 0 Å². The van der Waals surface area contributed by atoms with Crippen LogP contribution >= 0.6 is 0 Å². The third kappa shape index (κ3) is 6.98. The van der Waals surface area contributed by atoms with Gasteiger partial charge in [-0.2, -0.15) is 0 Å². The van der Waals surface area contributed by atoms with E-state index < -0.39 is 105 Å². The number of ether oxygens (including phenoxy) is 1. The fourth-order valence-electron chi connectivity index (χ4n) is 18.3. The molecule has 0 radical (unpaired) electrons. The lowest BCUT2D eigenvalue weighted by molar-refractivity contribution is -0.290. The average Bonchev–Trinajstić information content (AvgIpc) is 3.93. The Hall–Kier alpha value is -2.21. The number of carbonyl (C=O) groups excluding carboxylic acids is 1. The summed E-state index contributed by atoms with van der Waals surface area (Å²) in [4.78, 5) is 15.8. The molecule has 1 unspecified atom stereocenters. The van der Waals surface area contributed by atoms with Gasteiger partial charge in [0.25, 0.3) is 0 Å². The number of rotatable bonds is 10. The minimum Gasteiger partial charge on any atom is -0.396 e. The highest BCUT2D eigenvalue weighted by atomic mass is 16.5. The third-order valence-corrected chi connectivity index (χ3v) is 21.1. The van der Waals surface area contributed by atoms with Gasteiger partial charge in [0, 0.05) is 53.9 Å². The lowest BCUT2D eigenvalue weighted by Gasteiger charge is -2.70. The maximum atomic E-state index is 15.8. The summed E-state index contributed by atoms with van der Waals surface area (Å²) in [6.45, 7) is 5.06. The molecule has 68 heavy (non-hydrogen) atoms. The Balaban J connectivity index is 1.19. The van der Waals surface area contributed by atoms with E-state index in [4.69, 9.17) is 10.5 Å². The summed E-state index contributed by atoms with van der Waals surface area (Å²) >= 11 is 0. The van der Waals surface area contributed by atoms with Crippen LogP contribution in [-0.2, 0) is 9.53 Å². The predicted molar refractivity (Wildman–Crippen MR) is 254 cm³/mol. The van der Waals surface area contributed by atoms with Crippen molar-refractivity contribution in [2.45, 2.75) is 208 Å². The van der Waals surface area contributed by atoms with Crippen LogP contribution < -0.4 is 16.4 Å². The number of fused-ring (bicyclic) bond motifs is 5. The summed E-state index contributed by atoms with van der Waals surface area (Å²) < 4.78 is 7.09. The van der Waals surface area contributed by atoms with E-state index in [9.17, 15) is 46.0 Å². The highest BCUT2D eigenvalue weighted by Gasteiger charge is 2.83. The molecule has 13 N–H and O–H groups in total. The van der Waals surface area contributed by atoms with Crippen LogP contribution in [0.2, 0.25) is 0 Å². The molecule has 0 amide bonds. The van der Waals surface area contributed by atoms with Crippen LogP contribution in [-0.4, -0.2) is 130 Å². The van der Waals surface area contributed by atoms with Crippen LogP contribution in [0.5, 0.6) is 0 Å². The van der Waals surface area contributed by atoms with Crippen molar-refractivity contribution in [2.75, 3.05) is 13.2 Å². The van der Waals surface area contributed by atoms with Gasteiger partial charge in [-0.3, -0.25) is 4.79 Å². The molecule has 6 saturated carbocycles. The van der Waals surface area contributed by atoms with E-state index in [1.807, 2.05) is 30.5 Å². The van der Waals surface area contributed by atoms with Crippen molar-refractivity contribution in [1.29, 1.82) is 0 Å². The van der Waals surface area contributed by atoms with Gasteiger partial charge in [-0.1, -0.05) is 57.3 Å². The minimum atomic E-state index is -2.02. The number of carbonyl (C=O) groups is 1. The molecular formula is C54H83N3O11. The first-order valence-electron chi connectivity index (χ1n) is 26.8. The van der Waals surface area contributed by atoms with Crippen LogP contribution in [0.15, 0.2) is 47.3 Å². The molecular weight excluding hydrogens is 867 g/mol. The Morgan fingerprint density at radius 3 is 2.40 bits per heavy atom. The van der Waals surface area contributed by atoms with E-state index in [0.717, 1.165) is 56.9 Å². The zero-order valence-corrected chi connectivity index (χ0v) is 40.7. The monoisotopic (exact) mass is 950 g/mol. The maximum absolute atomic E-state index is 15.8. The number of Topliss-reactive ketones (excluding diaryl/α,β-unsaturated/α-hetero) is 1. The summed E-state index contributed by atoms with van der Waals surface area (Å²) in [7, 11) is 0. The summed E-state index contributed by atoms with van der Waals surface area (Å²) in [6.07, 6.45) is 13.4. The molecule has 1 saturated heterocycles. The maximum Gasteiger partial charge on any atom is 0.182 e. The molecule has 10 aliphatic rings. The number of nitrogens with one attached hydrogen (secondary N) is 2. The van der Waals surface area contributed by atoms with Crippen molar-refractivity contribution >= 4 is 5.78 Å². The Morgan fingerprint density at radius 1 is 0.956 bits per heavy atom. The lowest BCUT2D eigenvalue weighted by atomic mass is 9.36. The number of aliphatic hydroxyl groups excluding tert-OH is 5. The molecule has 380 valence electrons. The number of allylic oxidation sites excluding steroid dienone is 4. The molecule has 0 aromatic rings. The number of ketones is 1. The summed E-state index contributed by atoms with van der Waals surface area (Å²) in [6, 6.07) is 0. The molecule has 0 aromatic heterocycles. The van der Waals surface area contributed by atoms with Crippen molar-refractivity contribution in [3.8, 4) is 0 Å². The topological polar surface area (TPSA) is 258 Å². The van der Waals surface area contributed by atoms with Crippen molar-refractivity contribution in [1.82, 2.24) is 10.6 Å². The van der Waals surface area contributed by atoms with E-state index in [-0.39, 0.29) is 87.2 Å². The van der Waals surface area contributed by atoms with Gasteiger partial charge in [-0.15, -0.1) is 0 Å². The van der Waals surface area contributed by atoms with E-state index in [0.29, 0.717) is 31.6 Å². The normalized spacial score (nSPS) is 49.7. The number of hydrogen-bond acceptors (Lipinski definition) is 14. The second kappa shape index (κ2) is 17.5. The summed E-state index contributed by atoms with van der Waals surface area (Å²) in [5.74, 6) is -3.46. The van der Waals surface area contributed by atoms with Crippen LogP contribution in [0.3, 0.4) is 0 Å². The highest BCUT2D eigenvalue weighted by molar-refractivity contribution is 6.00. The summed E-state index contributed by atoms with van der Waals surface area (Å²) in [5.41, 5.74) is -4.23. The van der Waals surface area contributed by atoms with Gasteiger partial charge in [0.15, 0.2) is 5.78 Å². The van der Waals surface area contributed by atoms with E-state index >= 15 is 4.79 Å². The number of nitrogens with two attached hydrogens (primary N) is 1. The van der Waals surface area contributed by atoms with Crippen LogP contribution in [0, 0.1) is 57.7 Å². The van der Waals surface area contributed by atoms with E-state index in [1.54, 1.807) is 13.8 Å². The smallest absolute Gasteiger partial charge is 0.182 e. The van der Waals surface area contributed by atoms with Gasteiger partial charge in [0.1, 0.15) is 5.60 Å². The SMILES string of the molecule is CCC[C@@H]1CC[C@H]2[C@H]3[C@@H](O[C@@H]2CC1)[C@@](O)([C@](C)(O)[C@H]1CC[C@@]2(O)C4=C(NC[C@H](C)O)C(=O)[C@@H]5C[C@@H](O)[C@@H](O)C[C@@]56C[C@H](C5=CNC(N)C=C5)C=C[C@@](O)(C[C@]12C1(CO)CCCC1)[C@@H]46)CCC[C@@H]3O. The molecule has 8 aliphatic carbocycles. The molecule has 14 nitrogen and oxygen atoms in total. The second-order valence-electron chi connectivity index (χ2n) is 24.5. The largest absolute Gasteiger partial charge is 0.396 e. The molecule has 2 aliphatic heterocycles. The van der Waals surface area contributed by atoms with Crippen molar-refractivity contribution < 1.29 is 55.5 Å². The first-order chi connectivity index (χ1) is 32.3. The molecule has 1 spiro atoms. The van der Waals surface area contributed by atoms with Crippen LogP contribution in [0.1, 0.15) is 143 Å². The fraction of sp³-hybridized carbons (Fsp3) is 0.833. The van der Waals surface area contributed by atoms with Crippen LogP contribution in [0.4, 0.5) is 0 Å². The Labute approximate surface area is 402 Å². The van der Waals surface area contributed by atoms with Crippen molar-refractivity contribution in [2.24, 2.45) is 63.4 Å². The first kappa shape index (κ1) is 49.4. The second-order valence-corrected chi connectivity index (χ2v) is 24.5. The van der Waals surface area contributed by atoms with Gasteiger partial charge in [-0.25, -0.2) is 0 Å². The first-order valence-corrected chi connectivity index (χ1v) is 26.8. The predicted octanol–water partition coefficient (Wildman–Crippen LogP) is 3.26. The average molecular weight is 950 g/mol. The van der Waals surface area contributed by atoms with Gasteiger partial charge in [-0.05, 0) is 144 Å². The fourth-order valence-corrected chi connectivity index (χ4v) is 18.3. The highest BCUT2D eigenvalue weighted by Crippen LogP contribution is 2.79. The molecule has 2 heterocycles. The molecule has 0 aromatic carbocycles. The molecule has 0 bridgehead atoms. The van der Waals surface area contributed by atoms with Crippen molar-refractivity contribution in [3.63, 3.8) is 0 Å². The number of aliphatic hydroxyl groups is 9. The zero-order chi connectivity index (χ0) is 48.4. The van der Waals surface area contributed by atoms with Gasteiger partial charge in [0.2, 0.25) is 0 Å². The Bertz CT molecular complexity index is 2070. The van der Waals surface area contributed by atoms with Gasteiger partial charge in [0.05, 0.1) is 65.3 Å². The van der Waals surface area contributed by atoms with E-state index in [2.05, 4.69) is 17.6 Å². The number of hydrogen-bond donors (Lipinski definition) is 12. The van der Waals surface area contributed by atoms with Crippen LogP contribution in [0.25, 0.3) is 0 Å². The Morgan fingerprint density at radius 2 is 1.71 bits per heavy atom. The molecule has 10 rings (SSSR count). The minimum absolute atomic E-state index is 0.0000972. The zero-order valence-electron chi connectivity index (χ0n) is 40.7. The molecule has 7 fully saturated rings. The standard InChI is InChI=1S/C54H83N3O11/c1-4-8-31-10-13-34-39(14-11-31)68-47-42(34)36(60)9-7-20-54(47,67)48(3,64)40-17-22-53(66)43-44(57-26-30(2)59)45(63)35-23-37(61)38(62)25-50(35)24-32(33-12-15-41(55)56-27-33)16-21-51(65,46(43)50)28-52(40,53)49(29-58)18-5-6-19-49/h12,15-16,21,27,30-32,34-42,46-47,56-62,64-67H,4-11,13-14,17-20,22-26,28-29,55H2,1-3H3/t30-,31+,32+,34+,35-,36-,37+,38-,39+,40+,41?,42+,46-,47+,48+,50-,51+,52+,53+,54+/m0/s1. The van der Waals surface area contributed by atoms with Crippen molar-refractivity contribution in [3.05, 3.63) is 47.3 Å². The summed E-state index contributed by atoms with van der Waals surface area (Å²) in [5, 5.41) is 122. The quantitative estimate of drug-likeness (QED) is 0.141. The third-order valence-electron chi connectivity index (χ3n) is 21.1. The molecule has 14 heteroatoms. The molecule has 20 atom stereocenters. The number of dihydropyridines is 1. The lowest BCUT2D eigenvalue weighted by Crippen LogP contribution is -2.76.